The molecule has 0 aromatic carbocycles. The first kappa shape index (κ1) is 11.4. The van der Waals surface area contributed by atoms with Gasteiger partial charge in [0.15, 0.2) is 5.79 Å². The zero-order valence-electron chi connectivity index (χ0n) is 10.1. The molecule has 3 atom stereocenters. The minimum atomic E-state index is -0.184. The molecule has 2 heteroatoms. The number of ether oxygens (including phenoxy) is 2. The SMILES string of the molecule is CCCCC1CCC2(CCCC(C)O2)O1. The van der Waals surface area contributed by atoms with Crippen molar-refractivity contribution >= 4 is 0 Å². The summed E-state index contributed by atoms with van der Waals surface area (Å²) in [7, 11) is 0. The molecule has 0 aliphatic carbocycles. The number of rotatable bonds is 3. The smallest absolute Gasteiger partial charge is 0.169 e. The van der Waals surface area contributed by atoms with Gasteiger partial charge in [0.25, 0.3) is 0 Å². The van der Waals surface area contributed by atoms with Crippen LogP contribution in [0.1, 0.15) is 65.2 Å². The zero-order valence-corrected chi connectivity index (χ0v) is 10.1. The van der Waals surface area contributed by atoms with Gasteiger partial charge in [0, 0.05) is 12.8 Å². The van der Waals surface area contributed by atoms with E-state index < -0.39 is 0 Å². The summed E-state index contributed by atoms with van der Waals surface area (Å²) in [5, 5.41) is 0. The Kier molecular flexibility index (Phi) is 3.68. The predicted molar refractivity (Wildman–Crippen MR) is 60.8 cm³/mol. The summed E-state index contributed by atoms with van der Waals surface area (Å²) in [6.07, 6.45) is 10.5. The molecule has 0 bridgehead atoms. The van der Waals surface area contributed by atoms with E-state index in [0.29, 0.717) is 12.2 Å². The van der Waals surface area contributed by atoms with Crippen LogP contribution >= 0.6 is 0 Å². The third-order valence-corrected chi connectivity index (χ3v) is 3.69. The van der Waals surface area contributed by atoms with Crippen LogP contribution in [0.3, 0.4) is 0 Å². The second-order valence-corrected chi connectivity index (χ2v) is 5.15. The van der Waals surface area contributed by atoms with Crippen molar-refractivity contribution < 1.29 is 9.47 Å². The highest BCUT2D eigenvalue weighted by Crippen LogP contribution is 2.41. The van der Waals surface area contributed by atoms with E-state index in [9.17, 15) is 0 Å². The minimum Gasteiger partial charge on any atom is -0.347 e. The lowest BCUT2D eigenvalue weighted by molar-refractivity contribution is -0.267. The summed E-state index contributed by atoms with van der Waals surface area (Å²) in [6.45, 7) is 4.41. The maximum Gasteiger partial charge on any atom is 0.169 e. The van der Waals surface area contributed by atoms with Gasteiger partial charge in [-0.1, -0.05) is 19.8 Å². The largest absolute Gasteiger partial charge is 0.347 e. The molecule has 0 aromatic heterocycles. The fraction of sp³-hybridized carbons (Fsp3) is 1.00. The van der Waals surface area contributed by atoms with Crippen molar-refractivity contribution in [3.8, 4) is 0 Å². The van der Waals surface area contributed by atoms with E-state index in [0.717, 1.165) is 12.8 Å². The summed E-state index contributed by atoms with van der Waals surface area (Å²) < 4.78 is 12.2. The Balaban J connectivity index is 1.84. The predicted octanol–water partition coefficient (Wildman–Crippen LogP) is 3.64. The lowest BCUT2D eigenvalue weighted by Crippen LogP contribution is -2.39. The fourth-order valence-electron chi connectivity index (χ4n) is 2.85. The first-order valence-corrected chi connectivity index (χ1v) is 6.60. The second-order valence-electron chi connectivity index (χ2n) is 5.15. The molecule has 0 N–H and O–H groups in total. The lowest BCUT2D eigenvalue weighted by atomic mass is 9.99. The molecular formula is C13H24O2. The van der Waals surface area contributed by atoms with Gasteiger partial charge in [-0.25, -0.2) is 0 Å². The molecule has 2 rings (SSSR count). The molecular weight excluding hydrogens is 188 g/mol. The van der Waals surface area contributed by atoms with Crippen LogP contribution < -0.4 is 0 Å². The maximum atomic E-state index is 6.14. The molecule has 88 valence electrons. The van der Waals surface area contributed by atoms with Crippen molar-refractivity contribution in [2.75, 3.05) is 0 Å². The van der Waals surface area contributed by atoms with E-state index in [1.165, 1.54) is 38.5 Å². The summed E-state index contributed by atoms with van der Waals surface area (Å²) in [5.41, 5.74) is 0. The van der Waals surface area contributed by atoms with Gasteiger partial charge in [0.1, 0.15) is 0 Å². The normalized spacial score (nSPS) is 41.2. The van der Waals surface area contributed by atoms with Crippen molar-refractivity contribution in [1.29, 1.82) is 0 Å². The average Bonchev–Trinajstić information content (AvgIpc) is 2.58. The zero-order chi connectivity index (χ0) is 10.7. The summed E-state index contributed by atoms with van der Waals surface area (Å²) in [4.78, 5) is 0. The summed E-state index contributed by atoms with van der Waals surface area (Å²) in [5.74, 6) is -0.184. The lowest BCUT2D eigenvalue weighted by Gasteiger charge is -2.37. The standard InChI is InChI=1S/C13H24O2/c1-3-4-7-12-8-10-13(15-12)9-5-6-11(2)14-13/h11-12H,3-10H2,1-2H3. The van der Waals surface area contributed by atoms with E-state index in [1.807, 2.05) is 0 Å². The van der Waals surface area contributed by atoms with Crippen LogP contribution in [-0.4, -0.2) is 18.0 Å². The minimum absolute atomic E-state index is 0.184. The molecule has 1 spiro atoms. The molecule has 2 aliphatic rings. The molecule has 15 heavy (non-hydrogen) atoms. The quantitative estimate of drug-likeness (QED) is 0.711. The summed E-state index contributed by atoms with van der Waals surface area (Å²) >= 11 is 0. The van der Waals surface area contributed by atoms with E-state index in [4.69, 9.17) is 9.47 Å². The first-order valence-electron chi connectivity index (χ1n) is 6.60. The van der Waals surface area contributed by atoms with Gasteiger partial charge in [-0.2, -0.15) is 0 Å². The van der Waals surface area contributed by atoms with E-state index >= 15 is 0 Å². The molecule has 2 fully saturated rings. The highest BCUT2D eigenvalue weighted by atomic mass is 16.7. The fourth-order valence-corrected chi connectivity index (χ4v) is 2.85. The van der Waals surface area contributed by atoms with Crippen LogP contribution in [0.4, 0.5) is 0 Å². The first-order chi connectivity index (χ1) is 7.24. The van der Waals surface area contributed by atoms with Crippen LogP contribution in [0, 0.1) is 0 Å². The van der Waals surface area contributed by atoms with Crippen LogP contribution in [-0.2, 0) is 9.47 Å². The molecule has 0 aromatic rings. The van der Waals surface area contributed by atoms with Crippen LogP contribution in [0.5, 0.6) is 0 Å². The molecule has 0 saturated carbocycles. The highest BCUT2D eigenvalue weighted by molar-refractivity contribution is 4.85. The van der Waals surface area contributed by atoms with Crippen molar-refractivity contribution in [2.24, 2.45) is 0 Å². The highest BCUT2D eigenvalue weighted by Gasteiger charge is 2.43. The maximum absolute atomic E-state index is 6.14. The van der Waals surface area contributed by atoms with Crippen LogP contribution in [0.2, 0.25) is 0 Å². The van der Waals surface area contributed by atoms with E-state index in [2.05, 4.69) is 13.8 Å². The Morgan fingerprint density at radius 2 is 2.07 bits per heavy atom. The third kappa shape index (κ3) is 2.73. The molecule has 0 radical (unpaired) electrons. The average molecular weight is 212 g/mol. The van der Waals surface area contributed by atoms with Gasteiger partial charge in [-0.3, -0.25) is 0 Å². The van der Waals surface area contributed by atoms with Crippen molar-refractivity contribution in [1.82, 2.24) is 0 Å². The van der Waals surface area contributed by atoms with Crippen LogP contribution in [0.25, 0.3) is 0 Å². The Labute approximate surface area is 93.3 Å². The molecule has 3 unspecified atom stereocenters. The van der Waals surface area contributed by atoms with Crippen molar-refractivity contribution in [3.63, 3.8) is 0 Å². The number of hydrogen-bond donors (Lipinski definition) is 0. The molecule has 0 amide bonds. The van der Waals surface area contributed by atoms with Crippen LogP contribution in [0.15, 0.2) is 0 Å². The van der Waals surface area contributed by atoms with E-state index in [-0.39, 0.29) is 5.79 Å². The molecule has 2 saturated heterocycles. The molecule has 2 heterocycles. The molecule has 2 aliphatic heterocycles. The van der Waals surface area contributed by atoms with Gasteiger partial charge >= 0.3 is 0 Å². The van der Waals surface area contributed by atoms with Crippen molar-refractivity contribution in [3.05, 3.63) is 0 Å². The number of hydrogen-bond acceptors (Lipinski definition) is 2. The van der Waals surface area contributed by atoms with E-state index in [1.54, 1.807) is 0 Å². The Bertz CT molecular complexity index is 205. The van der Waals surface area contributed by atoms with Crippen molar-refractivity contribution in [2.45, 2.75) is 83.2 Å². The third-order valence-electron chi connectivity index (χ3n) is 3.69. The van der Waals surface area contributed by atoms with Gasteiger partial charge < -0.3 is 9.47 Å². The topological polar surface area (TPSA) is 18.5 Å². The monoisotopic (exact) mass is 212 g/mol. The van der Waals surface area contributed by atoms with Gasteiger partial charge in [-0.05, 0) is 32.6 Å². The van der Waals surface area contributed by atoms with Gasteiger partial charge in [0.2, 0.25) is 0 Å². The van der Waals surface area contributed by atoms with Gasteiger partial charge in [0.05, 0.1) is 12.2 Å². The number of unbranched alkanes of at least 4 members (excludes halogenated alkanes) is 1. The van der Waals surface area contributed by atoms with Gasteiger partial charge in [-0.15, -0.1) is 0 Å². The molecule has 2 nitrogen and oxygen atoms in total. The second kappa shape index (κ2) is 4.84. The Hall–Kier alpha value is -0.0800. The Morgan fingerprint density at radius 1 is 1.20 bits per heavy atom. The summed E-state index contributed by atoms with van der Waals surface area (Å²) in [6, 6.07) is 0. The Morgan fingerprint density at radius 3 is 2.80 bits per heavy atom.